The fraction of sp³-hybridized carbons (Fsp3) is 0.312. The van der Waals surface area contributed by atoms with Crippen molar-refractivity contribution in [2.24, 2.45) is 0 Å². The molecule has 1 aliphatic rings. The lowest BCUT2D eigenvalue weighted by atomic mass is 10.1. The number of halogens is 2. The summed E-state index contributed by atoms with van der Waals surface area (Å²) in [5, 5.41) is 12.3. The Morgan fingerprint density at radius 2 is 1.91 bits per heavy atom. The maximum atomic E-state index is 10.1. The molecule has 4 nitrogen and oxygen atoms in total. The van der Waals surface area contributed by atoms with Crippen LogP contribution in [0.15, 0.2) is 36.5 Å². The van der Waals surface area contributed by atoms with Gasteiger partial charge in [0.15, 0.2) is 0 Å². The normalized spacial score (nSPS) is 23.6. The van der Waals surface area contributed by atoms with Crippen LogP contribution in [-0.4, -0.2) is 21.4 Å². The summed E-state index contributed by atoms with van der Waals surface area (Å²) < 4.78 is 5.57. The van der Waals surface area contributed by atoms with Crippen molar-refractivity contribution in [2.45, 2.75) is 32.0 Å². The van der Waals surface area contributed by atoms with Crippen LogP contribution in [0, 0.1) is 0 Å². The number of pyridine rings is 1. The molecule has 3 atom stereocenters. The molecule has 22 heavy (non-hydrogen) atoms. The van der Waals surface area contributed by atoms with Gasteiger partial charge in [0.1, 0.15) is 5.75 Å². The van der Waals surface area contributed by atoms with Gasteiger partial charge in [-0.05, 0) is 43.7 Å². The Kier molecular flexibility index (Phi) is 4.28. The van der Waals surface area contributed by atoms with Crippen LogP contribution < -0.4 is 4.74 Å². The van der Waals surface area contributed by atoms with Gasteiger partial charge < -0.3 is 9.94 Å². The van der Waals surface area contributed by atoms with E-state index >= 15 is 0 Å². The predicted octanol–water partition coefficient (Wildman–Crippen LogP) is 4.66. The van der Waals surface area contributed by atoms with E-state index in [1.807, 2.05) is 32.0 Å². The van der Waals surface area contributed by atoms with Crippen molar-refractivity contribution >= 4 is 23.2 Å². The van der Waals surface area contributed by atoms with Gasteiger partial charge in [0.2, 0.25) is 0 Å². The van der Waals surface area contributed by atoms with E-state index < -0.39 is 0 Å². The standard InChI is InChI=1S/C16H16Cl2N2O2/c1-9(2)22-11-4-6-14(19-8-11)16-15(20(16)21)10-3-5-12(17)13(18)7-10/h3-9,15-16,21H,1-2H3/t15-,16+,20?/m0/s1. The van der Waals surface area contributed by atoms with Crippen LogP contribution >= 0.6 is 23.2 Å². The zero-order chi connectivity index (χ0) is 15.9. The minimum atomic E-state index is -0.176. The number of hydrogen-bond donors (Lipinski definition) is 1. The highest BCUT2D eigenvalue weighted by molar-refractivity contribution is 6.42. The van der Waals surface area contributed by atoms with Gasteiger partial charge in [-0.1, -0.05) is 29.3 Å². The second-order valence-corrected chi connectivity index (χ2v) is 6.34. The van der Waals surface area contributed by atoms with E-state index in [9.17, 15) is 5.21 Å². The first-order chi connectivity index (χ1) is 10.5. The molecule has 0 spiro atoms. The van der Waals surface area contributed by atoms with Crippen LogP contribution in [-0.2, 0) is 0 Å². The lowest BCUT2D eigenvalue weighted by Gasteiger charge is -2.09. The Hall–Kier alpha value is -1.33. The summed E-state index contributed by atoms with van der Waals surface area (Å²) in [6, 6.07) is 8.76. The number of ether oxygens (including phenoxy) is 1. The minimum Gasteiger partial charge on any atom is -0.489 e. The number of benzene rings is 1. The van der Waals surface area contributed by atoms with Gasteiger partial charge in [-0.15, -0.1) is 0 Å². The molecule has 2 heterocycles. The smallest absolute Gasteiger partial charge is 0.137 e. The van der Waals surface area contributed by atoms with Gasteiger partial charge in [0.05, 0.1) is 40.1 Å². The Balaban J connectivity index is 1.77. The van der Waals surface area contributed by atoms with E-state index in [1.165, 1.54) is 5.06 Å². The lowest BCUT2D eigenvalue weighted by molar-refractivity contribution is 0.00419. The molecule has 1 fully saturated rings. The van der Waals surface area contributed by atoms with Gasteiger partial charge in [-0.2, -0.15) is 5.06 Å². The number of nitrogens with zero attached hydrogens (tertiary/aromatic N) is 2. The quantitative estimate of drug-likeness (QED) is 0.823. The fourth-order valence-electron chi connectivity index (χ4n) is 2.46. The van der Waals surface area contributed by atoms with Gasteiger partial charge in [0, 0.05) is 0 Å². The number of rotatable bonds is 4. The maximum Gasteiger partial charge on any atom is 0.137 e. The van der Waals surface area contributed by atoms with Gasteiger partial charge in [-0.25, -0.2) is 0 Å². The number of aromatic nitrogens is 1. The third kappa shape index (κ3) is 3.06. The highest BCUT2D eigenvalue weighted by atomic mass is 35.5. The lowest BCUT2D eigenvalue weighted by Crippen LogP contribution is -2.06. The molecule has 2 aromatic rings. The molecule has 0 bridgehead atoms. The third-order valence-corrected chi connectivity index (χ3v) is 4.24. The zero-order valence-corrected chi connectivity index (χ0v) is 13.7. The highest BCUT2D eigenvalue weighted by Crippen LogP contribution is 2.52. The molecule has 116 valence electrons. The molecular formula is C16H16Cl2N2O2. The average Bonchev–Trinajstić information content (AvgIpc) is 3.13. The molecule has 6 heteroatoms. The molecule has 1 aromatic carbocycles. The van der Waals surface area contributed by atoms with Crippen molar-refractivity contribution in [3.63, 3.8) is 0 Å². The van der Waals surface area contributed by atoms with E-state index in [1.54, 1.807) is 18.3 Å². The molecule has 0 amide bonds. The summed E-state index contributed by atoms with van der Waals surface area (Å²) in [7, 11) is 0. The Morgan fingerprint density at radius 3 is 2.50 bits per heavy atom. The van der Waals surface area contributed by atoms with Gasteiger partial charge in [-0.3, -0.25) is 4.98 Å². The summed E-state index contributed by atoms with van der Waals surface area (Å²) in [6.07, 6.45) is 1.78. The Labute approximate surface area is 139 Å². The summed E-state index contributed by atoms with van der Waals surface area (Å²) in [5.41, 5.74) is 1.70. The molecule has 1 N–H and O–H groups in total. The predicted molar refractivity (Wildman–Crippen MR) is 85.6 cm³/mol. The second-order valence-electron chi connectivity index (χ2n) is 5.53. The van der Waals surface area contributed by atoms with Crippen LogP contribution in [0.2, 0.25) is 10.0 Å². The van der Waals surface area contributed by atoms with Gasteiger partial charge in [0.25, 0.3) is 0 Å². The average molecular weight is 339 g/mol. The summed E-state index contributed by atoms with van der Waals surface area (Å²) in [5.74, 6) is 0.718. The first-order valence-corrected chi connectivity index (χ1v) is 7.77. The van der Waals surface area contributed by atoms with Crippen LogP contribution in [0.4, 0.5) is 0 Å². The van der Waals surface area contributed by atoms with E-state index in [0.29, 0.717) is 10.0 Å². The first-order valence-electron chi connectivity index (χ1n) is 7.02. The second kappa shape index (κ2) is 6.05. The molecule has 0 radical (unpaired) electrons. The van der Waals surface area contributed by atoms with Crippen molar-refractivity contribution in [3.8, 4) is 5.75 Å². The summed E-state index contributed by atoms with van der Waals surface area (Å²) in [4.78, 5) is 4.37. The van der Waals surface area contributed by atoms with E-state index in [0.717, 1.165) is 17.0 Å². The molecule has 1 saturated heterocycles. The van der Waals surface area contributed by atoms with Crippen molar-refractivity contribution in [2.75, 3.05) is 0 Å². The monoisotopic (exact) mass is 338 g/mol. The molecule has 1 aromatic heterocycles. The highest BCUT2D eigenvalue weighted by Gasteiger charge is 2.50. The molecular weight excluding hydrogens is 323 g/mol. The molecule has 3 rings (SSSR count). The van der Waals surface area contributed by atoms with Crippen molar-refractivity contribution in [3.05, 3.63) is 57.8 Å². The van der Waals surface area contributed by atoms with E-state index in [4.69, 9.17) is 27.9 Å². The van der Waals surface area contributed by atoms with Crippen molar-refractivity contribution < 1.29 is 9.94 Å². The summed E-state index contributed by atoms with van der Waals surface area (Å²) >= 11 is 12.0. The minimum absolute atomic E-state index is 0.104. The van der Waals surface area contributed by atoms with E-state index in [2.05, 4.69) is 4.98 Å². The topological polar surface area (TPSA) is 45.4 Å². The number of hydroxylamine groups is 2. The Bertz CT molecular complexity index is 676. The van der Waals surface area contributed by atoms with Crippen LogP contribution in [0.3, 0.4) is 0 Å². The van der Waals surface area contributed by atoms with Crippen molar-refractivity contribution in [1.82, 2.24) is 10.0 Å². The largest absolute Gasteiger partial charge is 0.489 e. The maximum absolute atomic E-state index is 10.1. The molecule has 1 unspecified atom stereocenters. The number of hydrogen-bond acceptors (Lipinski definition) is 4. The Morgan fingerprint density at radius 1 is 1.14 bits per heavy atom. The van der Waals surface area contributed by atoms with Gasteiger partial charge >= 0.3 is 0 Å². The SMILES string of the molecule is CC(C)Oc1ccc([C@@H]2[C@H](c3ccc(Cl)c(Cl)c3)N2O)nc1. The third-order valence-electron chi connectivity index (χ3n) is 3.50. The van der Waals surface area contributed by atoms with E-state index in [-0.39, 0.29) is 18.2 Å². The first kappa shape index (κ1) is 15.6. The molecule has 0 aliphatic carbocycles. The van der Waals surface area contributed by atoms with Crippen LogP contribution in [0.1, 0.15) is 37.2 Å². The van der Waals surface area contributed by atoms with Crippen molar-refractivity contribution in [1.29, 1.82) is 0 Å². The molecule has 1 aliphatic heterocycles. The summed E-state index contributed by atoms with van der Waals surface area (Å²) in [6.45, 7) is 3.93. The van der Waals surface area contributed by atoms with Crippen LogP contribution in [0.25, 0.3) is 0 Å². The fourth-order valence-corrected chi connectivity index (χ4v) is 2.76. The van der Waals surface area contributed by atoms with Crippen LogP contribution in [0.5, 0.6) is 5.75 Å². The zero-order valence-electron chi connectivity index (χ0n) is 12.2. The molecule has 0 saturated carbocycles.